The molecule has 0 saturated heterocycles. The number of aromatic hydroxyl groups is 1. The van der Waals surface area contributed by atoms with Gasteiger partial charge in [-0.2, -0.15) is 4.39 Å². The Labute approximate surface area is 78.2 Å². The van der Waals surface area contributed by atoms with Gasteiger partial charge in [-0.3, -0.25) is 0 Å². The minimum absolute atomic E-state index is 0.00565. The van der Waals surface area contributed by atoms with Gasteiger partial charge in [0.2, 0.25) is 5.82 Å². The van der Waals surface area contributed by atoms with Gasteiger partial charge in [-0.15, -0.1) is 0 Å². The summed E-state index contributed by atoms with van der Waals surface area (Å²) in [5.41, 5.74) is 5.33. The van der Waals surface area contributed by atoms with Crippen LogP contribution in [0.3, 0.4) is 0 Å². The molecule has 76 valence electrons. The van der Waals surface area contributed by atoms with Crippen molar-refractivity contribution in [2.24, 2.45) is 5.73 Å². The van der Waals surface area contributed by atoms with Gasteiger partial charge < -0.3 is 10.8 Å². The molecule has 3 N–H and O–H groups in total. The summed E-state index contributed by atoms with van der Waals surface area (Å²) < 4.78 is 39.3. The molecule has 1 atom stereocenters. The zero-order valence-electron chi connectivity index (χ0n) is 7.15. The SMILES string of the molecule is NC1CCc2c(F)c(O)c(F)c(F)c21. The van der Waals surface area contributed by atoms with Gasteiger partial charge in [0.15, 0.2) is 17.4 Å². The minimum Gasteiger partial charge on any atom is -0.503 e. The molecule has 0 amide bonds. The Kier molecular flexibility index (Phi) is 1.92. The Morgan fingerprint density at radius 2 is 1.79 bits per heavy atom. The maximum atomic E-state index is 13.2. The average Bonchev–Trinajstić information content (AvgIpc) is 2.54. The molecule has 2 nitrogen and oxygen atoms in total. The Morgan fingerprint density at radius 3 is 2.43 bits per heavy atom. The van der Waals surface area contributed by atoms with Crippen LogP contribution in [-0.2, 0) is 6.42 Å². The first-order valence-electron chi connectivity index (χ1n) is 4.17. The fourth-order valence-corrected chi connectivity index (χ4v) is 1.79. The third kappa shape index (κ3) is 1.02. The molecule has 1 aromatic rings. The third-order valence-corrected chi connectivity index (χ3v) is 2.51. The molecule has 0 spiro atoms. The summed E-state index contributed by atoms with van der Waals surface area (Å²) in [6.45, 7) is 0. The third-order valence-electron chi connectivity index (χ3n) is 2.51. The van der Waals surface area contributed by atoms with Crippen molar-refractivity contribution in [3.8, 4) is 5.75 Å². The molecule has 1 aliphatic rings. The van der Waals surface area contributed by atoms with Gasteiger partial charge in [-0.25, -0.2) is 8.78 Å². The van der Waals surface area contributed by atoms with Crippen LogP contribution in [0.2, 0.25) is 0 Å². The van der Waals surface area contributed by atoms with E-state index in [1.54, 1.807) is 0 Å². The second-order valence-electron chi connectivity index (χ2n) is 3.33. The van der Waals surface area contributed by atoms with E-state index in [1.807, 2.05) is 0 Å². The number of fused-ring (bicyclic) bond motifs is 1. The van der Waals surface area contributed by atoms with Crippen LogP contribution < -0.4 is 5.73 Å². The Bertz CT molecular complexity index is 406. The maximum absolute atomic E-state index is 13.2. The Morgan fingerprint density at radius 1 is 1.14 bits per heavy atom. The number of benzene rings is 1. The smallest absolute Gasteiger partial charge is 0.203 e. The second kappa shape index (κ2) is 2.88. The van der Waals surface area contributed by atoms with Crippen molar-refractivity contribution < 1.29 is 18.3 Å². The first kappa shape index (κ1) is 9.33. The highest BCUT2D eigenvalue weighted by Gasteiger charge is 2.31. The average molecular weight is 203 g/mol. The first-order valence-corrected chi connectivity index (χ1v) is 4.17. The molecule has 14 heavy (non-hydrogen) atoms. The highest BCUT2D eigenvalue weighted by molar-refractivity contribution is 5.43. The van der Waals surface area contributed by atoms with Gasteiger partial charge in [0.25, 0.3) is 0 Å². The molecule has 5 heteroatoms. The minimum atomic E-state index is -1.56. The van der Waals surface area contributed by atoms with Crippen molar-refractivity contribution in [2.45, 2.75) is 18.9 Å². The first-order chi connectivity index (χ1) is 6.54. The number of phenols is 1. The molecule has 1 aliphatic carbocycles. The number of hydrogen-bond donors (Lipinski definition) is 2. The van der Waals surface area contributed by atoms with E-state index in [4.69, 9.17) is 10.8 Å². The van der Waals surface area contributed by atoms with Crippen molar-refractivity contribution in [2.75, 3.05) is 0 Å². The molecule has 0 bridgehead atoms. The largest absolute Gasteiger partial charge is 0.503 e. The van der Waals surface area contributed by atoms with E-state index in [9.17, 15) is 13.2 Å². The second-order valence-corrected chi connectivity index (χ2v) is 3.33. The number of hydrogen-bond acceptors (Lipinski definition) is 2. The van der Waals surface area contributed by atoms with Crippen molar-refractivity contribution in [1.82, 2.24) is 0 Å². The molecule has 0 saturated carbocycles. The molecular weight excluding hydrogens is 195 g/mol. The monoisotopic (exact) mass is 203 g/mol. The predicted octanol–water partition coefficient (Wildman–Crippen LogP) is 1.76. The van der Waals surface area contributed by atoms with Gasteiger partial charge in [0.1, 0.15) is 0 Å². The van der Waals surface area contributed by atoms with E-state index in [2.05, 4.69) is 0 Å². The highest BCUT2D eigenvalue weighted by Crippen LogP contribution is 2.38. The number of phenolic OH excluding ortho intramolecular Hbond substituents is 1. The summed E-state index contributed by atoms with van der Waals surface area (Å²) in [5.74, 6) is -5.13. The van der Waals surface area contributed by atoms with E-state index in [0.29, 0.717) is 6.42 Å². The van der Waals surface area contributed by atoms with Gasteiger partial charge in [-0.1, -0.05) is 0 Å². The van der Waals surface area contributed by atoms with Crippen LogP contribution in [0.1, 0.15) is 23.6 Å². The van der Waals surface area contributed by atoms with Crippen LogP contribution in [0.15, 0.2) is 0 Å². The van der Waals surface area contributed by atoms with E-state index in [1.165, 1.54) is 0 Å². The molecule has 2 rings (SSSR count). The molecule has 1 unspecified atom stereocenters. The van der Waals surface area contributed by atoms with Crippen molar-refractivity contribution in [3.63, 3.8) is 0 Å². The van der Waals surface area contributed by atoms with E-state index in [-0.39, 0.29) is 17.5 Å². The molecule has 1 aromatic carbocycles. The summed E-state index contributed by atoms with van der Waals surface area (Å²) in [7, 11) is 0. The van der Waals surface area contributed by atoms with Crippen molar-refractivity contribution in [1.29, 1.82) is 0 Å². The van der Waals surface area contributed by atoms with E-state index < -0.39 is 29.2 Å². The fraction of sp³-hybridized carbons (Fsp3) is 0.333. The Hall–Kier alpha value is -1.23. The van der Waals surface area contributed by atoms with Gasteiger partial charge >= 0.3 is 0 Å². The molecule has 0 aliphatic heterocycles. The van der Waals surface area contributed by atoms with Crippen LogP contribution in [-0.4, -0.2) is 5.11 Å². The summed E-state index contributed by atoms with van der Waals surface area (Å²) in [6.07, 6.45) is 0.596. The van der Waals surface area contributed by atoms with Crippen LogP contribution in [0.25, 0.3) is 0 Å². The van der Waals surface area contributed by atoms with Crippen molar-refractivity contribution >= 4 is 0 Å². The predicted molar refractivity (Wildman–Crippen MR) is 43.2 cm³/mol. The lowest BCUT2D eigenvalue weighted by molar-refractivity contribution is 0.371. The normalized spacial score (nSPS) is 19.9. The van der Waals surface area contributed by atoms with Gasteiger partial charge in [0.05, 0.1) is 0 Å². The molecule has 0 fully saturated rings. The van der Waals surface area contributed by atoms with Gasteiger partial charge in [0, 0.05) is 11.6 Å². The topological polar surface area (TPSA) is 46.2 Å². The lowest BCUT2D eigenvalue weighted by Gasteiger charge is -2.09. The summed E-state index contributed by atoms with van der Waals surface area (Å²) in [4.78, 5) is 0. The van der Waals surface area contributed by atoms with Crippen molar-refractivity contribution in [3.05, 3.63) is 28.6 Å². The van der Waals surface area contributed by atoms with Crippen LogP contribution >= 0.6 is 0 Å². The lowest BCUT2D eigenvalue weighted by atomic mass is 10.1. The quantitative estimate of drug-likeness (QED) is 0.631. The number of halogens is 3. The molecule has 0 aromatic heterocycles. The van der Waals surface area contributed by atoms with E-state index >= 15 is 0 Å². The van der Waals surface area contributed by atoms with Crippen LogP contribution in [0.4, 0.5) is 13.2 Å². The molecule has 0 radical (unpaired) electrons. The van der Waals surface area contributed by atoms with Crippen LogP contribution in [0.5, 0.6) is 5.75 Å². The zero-order chi connectivity index (χ0) is 10.5. The number of rotatable bonds is 0. The highest BCUT2D eigenvalue weighted by atomic mass is 19.2. The Balaban J connectivity index is 2.77. The maximum Gasteiger partial charge on any atom is 0.203 e. The lowest BCUT2D eigenvalue weighted by Crippen LogP contribution is -2.09. The van der Waals surface area contributed by atoms with Crippen LogP contribution in [0, 0.1) is 17.5 Å². The fourth-order valence-electron chi connectivity index (χ4n) is 1.79. The zero-order valence-corrected chi connectivity index (χ0v) is 7.15. The number of nitrogens with two attached hydrogens (primary N) is 1. The summed E-state index contributed by atoms with van der Waals surface area (Å²) in [6, 6.07) is -0.686. The molecule has 0 heterocycles. The summed E-state index contributed by atoms with van der Waals surface area (Å²) >= 11 is 0. The molecular formula is C9H8F3NO. The van der Waals surface area contributed by atoms with Gasteiger partial charge in [-0.05, 0) is 18.4 Å². The van der Waals surface area contributed by atoms with E-state index in [0.717, 1.165) is 0 Å². The summed E-state index contributed by atoms with van der Waals surface area (Å²) in [5, 5.41) is 8.91. The standard InChI is InChI=1S/C9H8F3NO/c10-6-3-1-2-4(13)5(3)7(11)8(12)9(6)14/h4,14H,1-2,13H2.